The number of alkyl halides is 3. The molecule has 1 saturated heterocycles. The van der Waals surface area contributed by atoms with Crippen LogP contribution in [0.25, 0.3) is 0 Å². The molecule has 0 amide bonds. The van der Waals surface area contributed by atoms with E-state index >= 15 is 0 Å². The van der Waals surface area contributed by atoms with Crippen LogP contribution in [0.1, 0.15) is 17.2 Å². The van der Waals surface area contributed by atoms with E-state index in [0.29, 0.717) is 6.54 Å². The standard InChI is InChI=1S/C22H27F3N2O3/c1-28-21-13-17(7-8-20(21)30-16-22(23,24)25)14-26-19(18-5-3-2-4-6-18)15-27-9-11-29-12-10-27/h2-8,13,19,26H,9-12,14-16H2,1H3. The van der Waals surface area contributed by atoms with Gasteiger partial charge in [-0.1, -0.05) is 36.4 Å². The van der Waals surface area contributed by atoms with Crippen molar-refractivity contribution in [1.82, 2.24) is 10.2 Å². The van der Waals surface area contributed by atoms with Crippen LogP contribution in [-0.4, -0.2) is 57.6 Å². The number of hydrogen-bond acceptors (Lipinski definition) is 5. The molecule has 3 rings (SSSR count). The average Bonchev–Trinajstić information content (AvgIpc) is 2.76. The molecule has 1 atom stereocenters. The number of rotatable bonds is 9. The van der Waals surface area contributed by atoms with Gasteiger partial charge in [0.05, 0.1) is 20.3 Å². The molecule has 0 aliphatic carbocycles. The van der Waals surface area contributed by atoms with Crippen molar-refractivity contribution in [3.63, 3.8) is 0 Å². The predicted octanol–water partition coefficient (Wildman–Crippen LogP) is 3.80. The maximum absolute atomic E-state index is 12.4. The Labute approximate surface area is 174 Å². The zero-order valence-electron chi connectivity index (χ0n) is 17.0. The van der Waals surface area contributed by atoms with Crippen LogP contribution < -0.4 is 14.8 Å². The molecule has 1 aliphatic rings. The molecule has 0 spiro atoms. The molecule has 164 valence electrons. The zero-order chi connectivity index (χ0) is 21.4. The Kier molecular flexibility index (Phi) is 7.95. The summed E-state index contributed by atoms with van der Waals surface area (Å²) >= 11 is 0. The van der Waals surface area contributed by atoms with E-state index in [9.17, 15) is 13.2 Å². The minimum Gasteiger partial charge on any atom is -0.493 e. The summed E-state index contributed by atoms with van der Waals surface area (Å²) in [7, 11) is 1.41. The largest absolute Gasteiger partial charge is 0.493 e. The minimum atomic E-state index is -4.40. The molecule has 1 unspecified atom stereocenters. The molecule has 0 bridgehead atoms. The third-order valence-electron chi connectivity index (χ3n) is 4.92. The first kappa shape index (κ1) is 22.4. The summed E-state index contributed by atoms with van der Waals surface area (Å²) < 4.78 is 52.8. The molecule has 2 aromatic carbocycles. The first-order chi connectivity index (χ1) is 14.4. The van der Waals surface area contributed by atoms with Crippen LogP contribution in [0.4, 0.5) is 13.2 Å². The fourth-order valence-corrected chi connectivity index (χ4v) is 3.36. The number of nitrogens with zero attached hydrogens (tertiary/aromatic N) is 1. The molecule has 8 heteroatoms. The Hall–Kier alpha value is -2.29. The first-order valence-corrected chi connectivity index (χ1v) is 9.89. The summed E-state index contributed by atoms with van der Waals surface area (Å²) in [4.78, 5) is 2.36. The summed E-state index contributed by atoms with van der Waals surface area (Å²) in [5.41, 5.74) is 2.08. The number of morpholine rings is 1. The summed E-state index contributed by atoms with van der Waals surface area (Å²) in [5.74, 6) is 0.356. The van der Waals surface area contributed by atoms with Crippen LogP contribution in [0.2, 0.25) is 0 Å². The van der Waals surface area contributed by atoms with Crippen molar-refractivity contribution < 1.29 is 27.4 Å². The van der Waals surface area contributed by atoms with E-state index in [-0.39, 0.29) is 17.5 Å². The number of nitrogens with one attached hydrogen (secondary N) is 1. The van der Waals surface area contributed by atoms with E-state index in [1.807, 2.05) is 18.2 Å². The van der Waals surface area contributed by atoms with E-state index < -0.39 is 12.8 Å². The Morgan fingerprint density at radius 2 is 1.80 bits per heavy atom. The van der Waals surface area contributed by atoms with Crippen molar-refractivity contribution in [2.75, 3.05) is 46.6 Å². The highest BCUT2D eigenvalue weighted by molar-refractivity contribution is 5.43. The van der Waals surface area contributed by atoms with E-state index in [1.165, 1.54) is 18.7 Å². The lowest BCUT2D eigenvalue weighted by molar-refractivity contribution is -0.153. The van der Waals surface area contributed by atoms with Crippen molar-refractivity contribution >= 4 is 0 Å². The fraction of sp³-hybridized carbons (Fsp3) is 0.455. The second-order valence-electron chi connectivity index (χ2n) is 7.15. The lowest BCUT2D eigenvalue weighted by Gasteiger charge is -2.31. The Bertz CT molecular complexity index is 781. The predicted molar refractivity (Wildman–Crippen MR) is 108 cm³/mol. The molecule has 5 nitrogen and oxygen atoms in total. The minimum absolute atomic E-state index is 0.0755. The highest BCUT2D eigenvalue weighted by atomic mass is 19.4. The van der Waals surface area contributed by atoms with Crippen LogP contribution in [0.5, 0.6) is 11.5 Å². The molecule has 1 fully saturated rings. The number of methoxy groups -OCH3 is 1. The third-order valence-corrected chi connectivity index (χ3v) is 4.92. The van der Waals surface area contributed by atoms with Crippen LogP contribution in [-0.2, 0) is 11.3 Å². The maximum atomic E-state index is 12.4. The van der Waals surface area contributed by atoms with Gasteiger partial charge in [0, 0.05) is 32.2 Å². The lowest BCUT2D eigenvalue weighted by Crippen LogP contribution is -2.41. The molecule has 0 aromatic heterocycles. The van der Waals surface area contributed by atoms with Gasteiger partial charge >= 0.3 is 6.18 Å². The number of ether oxygens (including phenoxy) is 3. The topological polar surface area (TPSA) is 43.0 Å². The summed E-state index contributed by atoms with van der Waals surface area (Å²) in [6.07, 6.45) is -4.40. The molecule has 2 aromatic rings. The van der Waals surface area contributed by atoms with Gasteiger partial charge < -0.3 is 19.5 Å². The third kappa shape index (κ3) is 6.90. The van der Waals surface area contributed by atoms with Gasteiger partial charge in [0.1, 0.15) is 0 Å². The summed E-state index contributed by atoms with van der Waals surface area (Å²) in [6.45, 7) is 3.29. The molecular formula is C22H27F3N2O3. The molecule has 1 aliphatic heterocycles. The first-order valence-electron chi connectivity index (χ1n) is 9.89. The number of benzene rings is 2. The van der Waals surface area contributed by atoms with E-state index in [2.05, 4.69) is 22.3 Å². The van der Waals surface area contributed by atoms with Gasteiger partial charge in [-0.25, -0.2) is 0 Å². The summed E-state index contributed by atoms with van der Waals surface area (Å²) in [6, 6.07) is 15.3. The van der Waals surface area contributed by atoms with Gasteiger partial charge in [-0.3, -0.25) is 4.90 Å². The Balaban J connectivity index is 1.66. The quantitative estimate of drug-likeness (QED) is 0.663. The van der Waals surface area contributed by atoms with Crippen molar-refractivity contribution in [3.8, 4) is 11.5 Å². The van der Waals surface area contributed by atoms with Crippen molar-refractivity contribution in [1.29, 1.82) is 0 Å². The molecule has 0 saturated carbocycles. The van der Waals surface area contributed by atoms with Crippen LogP contribution >= 0.6 is 0 Å². The van der Waals surface area contributed by atoms with Crippen molar-refractivity contribution in [2.45, 2.75) is 18.8 Å². The number of hydrogen-bond donors (Lipinski definition) is 1. The smallest absolute Gasteiger partial charge is 0.422 e. The Morgan fingerprint density at radius 3 is 2.47 bits per heavy atom. The van der Waals surface area contributed by atoms with E-state index in [4.69, 9.17) is 14.2 Å². The zero-order valence-corrected chi connectivity index (χ0v) is 17.0. The molecule has 1 heterocycles. The van der Waals surface area contributed by atoms with Gasteiger partial charge in [-0.05, 0) is 23.3 Å². The highest BCUT2D eigenvalue weighted by Gasteiger charge is 2.29. The fourth-order valence-electron chi connectivity index (χ4n) is 3.36. The average molecular weight is 424 g/mol. The van der Waals surface area contributed by atoms with Crippen molar-refractivity contribution in [2.24, 2.45) is 0 Å². The SMILES string of the molecule is COc1cc(CNC(CN2CCOCC2)c2ccccc2)ccc1OCC(F)(F)F. The second kappa shape index (κ2) is 10.7. The second-order valence-corrected chi connectivity index (χ2v) is 7.15. The van der Waals surface area contributed by atoms with E-state index in [0.717, 1.165) is 38.4 Å². The lowest BCUT2D eigenvalue weighted by atomic mass is 10.1. The van der Waals surface area contributed by atoms with Gasteiger partial charge in [-0.2, -0.15) is 13.2 Å². The van der Waals surface area contributed by atoms with Gasteiger partial charge in [-0.15, -0.1) is 0 Å². The number of halogens is 3. The highest BCUT2D eigenvalue weighted by Crippen LogP contribution is 2.30. The van der Waals surface area contributed by atoms with Crippen LogP contribution in [0.3, 0.4) is 0 Å². The summed E-state index contributed by atoms with van der Waals surface area (Å²) in [5, 5.41) is 3.57. The van der Waals surface area contributed by atoms with Crippen molar-refractivity contribution in [3.05, 3.63) is 59.7 Å². The monoisotopic (exact) mass is 424 g/mol. The molecular weight excluding hydrogens is 397 g/mol. The van der Waals surface area contributed by atoms with Crippen LogP contribution in [0.15, 0.2) is 48.5 Å². The van der Waals surface area contributed by atoms with Gasteiger partial charge in [0.2, 0.25) is 0 Å². The van der Waals surface area contributed by atoms with Gasteiger partial charge in [0.25, 0.3) is 0 Å². The normalized spacial score (nSPS) is 16.3. The molecule has 1 N–H and O–H groups in total. The molecule has 30 heavy (non-hydrogen) atoms. The molecule has 0 radical (unpaired) electrons. The Morgan fingerprint density at radius 1 is 1.07 bits per heavy atom. The maximum Gasteiger partial charge on any atom is 0.422 e. The van der Waals surface area contributed by atoms with Gasteiger partial charge in [0.15, 0.2) is 18.1 Å². The van der Waals surface area contributed by atoms with E-state index in [1.54, 1.807) is 12.1 Å². The van der Waals surface area contributed by atoms with Crippen LogP contribution in [0, 0.1) is 0 Å².